The van der Waals surface area contributed by atoms with E-state index in [1.165, 1.54) is 4.70 Å². The second-order valence-corrected chi connectivity index (χ2v) is 5.35. The normalized spacial score (nSPS) is 10.5. The summed E-state index contributed by atoms with van der Waals surface area (Å²) in [7, 11) is 0. The molecule has 1 heterocycles. The first-order chi connectivity index (χ1) is 10.2. The number of benzene rings is 2. The lowest BCUT2D eigenvalue weighted by atomic mass is 10.2. The molecular formula is C14H12N4O2S. The number of nitro benzene ring substituents is 1. The first-order valence-electron chi connectivity index (χ1n) is 6.17. The average molecular weight is 300 g/mol. The standard InChI is InChI=1S/C14H12N4O2S/c15-17-12-3-1-2-11(14(12)18(19)20)16-10-4-5-13-9(8-10)6-7-21-13/h1-8,16-17H,15H2. The first kappa shape index (κ1) is 13.3. The van der Waals surface area contributed by atoms with Gasteiger partial charge < -0.3 is 10.7 Å². The van der Waals surface area contributed by atoms with Crippen molar-refractivity contribution in [1.82, 2.24) is 0 Å². The summed E-state index contributed by atoms with van der Waals surface area (Å²) in [5.74, 6) is 5.33. The van der Waals surface area contributed by atoms with Gasteiger partial charge in [-0.3, -0.25) is 16.0 Å². The Hall–Kier alpha value is -2.64. The third-order valence-corrected chi connectivity index (χ3v) is 4.00. The van der Waals surface area contributed by atoms with Crippen LogP contribution >= 0.6 is 11.3 Å². The molecule has 0 aliphatic rings. The van der Waals surface area contributed by atoms with Crippen LogP contribution in [0, 0.1) is 10.1 Å². The first-order valence-corrected chi connectivity index (χ1v) is 7.05. The number of para-hydroxylation sites is 1. The van der Waals surface area contributed by atoms with Crippen molar-refractivity contribution in [2.45, 2.75) is 0 Å². The molecule has 2 aromatic carbocycles. The van der Waals surface area contributed by atoms with E-state index in [1.807, 2.05) is 29.6 Å². The Morgan fingerprint density at radius 2 is 1.95 bits per heavy atom. The lowest BCUT2D eigenvalue weighted by molar-refractivity contribution is -0.383. The molecule has 21 heavy (non-hydrogen) atoms. The lowest BCUT2D eigenvalue weighted by Gasteiger charge is -2.10. The number of fused-ring (bicyclic) bond motifs is 1. The molecule has 0 aliphatic heterocycles. The molecule has 0 saturated heterocycles. The number of nitro groups is 1. The SMILES string of the molecule is NNc1cccc(Nc2ccc3sccc3c2)c1[N+](=O)[O-]. The van der Waals surface area contributed by atoms with Crippen LogP contribution in [-0.2, 0) is 0 Å². The number of nitrogens with zero attached hydrogens (tertiary/aromatic N) is 1. The summed E-state index contributed by atoms with van der Waals surface area (Å²) in [4.78, 5) is 10.8. The molecule has 106 valence electrons. The van der Waals surface area contributed by atoms with E-state index in [9.17, 15) is 10.1 Å². The largest absolute Gasteiger partial charge is 0.350 e. The predicted octanol–water partition coefficient (Wildman–Crippen LogP) is 3.84. The Balaban J connectivity index is 2.02. The van der Waals surface area contributed by atoms with Crippen molar-refractivity contribution in [2.75, 3.05) is 10.7 Å². The number of nitrogens with two attached hydrogens (primary N) is 1. The fraction of sp³-hybridized carbons (Fsp3) is 0. The van der Waals surface area contributed by atoms with E-state index >= 15 is 0 Å². The van der Waals surface area contributed by atoms with E-state index in [0.29, 0.717) is 5.69 Å². The van der Waals surface area contributed by atoms with Crippen LogP contribution in [0.2, 0.25) is 0 Å². The zero-order chi connectivity index (χ0) is 14.8. The molecule has 1 aromatic heterocycles. The van der Waals surface area contributed by atoms with Crippen molar-refractivity contribution in [3.8, 4) is 0 Å². The van der Waals surface area contributed by atoms with E-state index in [0.717, 1.165) is 11.1 Å². The number of nitrogen functional groups attached to an aromatic ring is 1. The summed E-state index contributed by atoms with van der Waals surface area (Å²) in [6.45, 7) is 0. The maximum absolute atomic E-state index is 11.2. The number of hydrogen-bond donors (Lipinski definition) is 3. The quantitative estimate of drug-likeness (QED) is 0.387. The molecule has 0 radical (unpaired) electrons. The molecule has 3 aromatic rings. The molecule has 0 unspecified atom stereocenters. The van der Waals surface area contributed by atoms with Gasteiger partial charge in [0.1, 0.15) is 11.4 Å². The molecule has 4 N–H and O–H groups in total. The average Bonchev–Trinajstić information content (AvgIpc) is 2.94. The van der Waals surface area contributed by atoms with E-state index in [1.54, 1.807) is 29.5 Å². The van der Waals surface area contributed by atoms with Crippen LogP contribution in [-0.4, -0.2) is 4.92 Å². The minimum absolute atomic E-state index is 0.0783. The van der Waals surface area contributed by atoms with E-state index < -0.39 is 4.92 Å². The third-order valence-electron chi connectivity index (χ3n) is 3.11. The van der Waals surface area contributed by atoms with Gasteiger partial charge in [0, 0.05) is 10.4 Å². The molecule has 0 amide bonds. The van der Waals surface area contributed by atoms with E-state index in [4.69, 9.17) is 5.84 Å². The van der Waals surface area contributed by atoms with Gasteiger partial charge in [0.2, 0.25) is 0 Å². The number of nitrogens with one attached hydrogen (secondary N) is 2. The van der Waals surface area contributed by atoms with Gasteiger partial charge in [0.15, 0.2) is 0 Å². The van der Waals surface area contributed by atoms with Crippen LogP contribution < -0.4 is 16.6 Å². The Morgan fingerprint density at radius 3 is 2.71 bits per heavy atom. The minimum atomic E-state index is -0.458. The van der Waals surface area contributed by atoms with Gasteiger partial charge in [-0.25, -0.2) is 0 Å². The van der Waals surface area contributed by atoms with Crippen LogP contribution in [0.15, 0.2) is 47.8 Å². The van der Waals surface area contributed by atoms with Crippen molar-refractivity contribution in [2.24, 2.45) is 5.84 Å². The van der Waals surface area contributed by atoms with Gasteiger partial charge in [0.05, 0.1) is 4.92 Å². The number of rotatable bonds is 4. The highest BCUT2D eigenvalue weighted by atomic mass is 32.1. The lowest BCUT2D eigenvalue weighted by Crippen LogP contribution is -2.10. The van der Waals surface area contributed by atoms with Crippen LogP contribution in [0.3, 0.4) is 0 Å². The summed E-state index contributed by atoms with van der Waals surface area (Å²) < 4.78 is 1.17. The highest BCUT2D eigenvalue weighted by Gasteiger charge is 2.19. The zero-order valence-electron chi connectivity index (χ0n) is 10.9. The highest BCUT2D eigenvalue weighted by molar-refractivity contribution is 7.17. The molecule has 6 nitrogen and oxygen atoms in total. The molecule has 3 rings (SSSR count). The monoisotopic (exact) mass is 300 g/mol. The summed E-state index contributed by atoms with van der Waals surface area (Å²) in [6.07, 6.45) is 0. The van der Waals surface area contributed by atoms with Gasteiger partial charge in [-0.2, -0.15) is 0 Å². The fourth-order valence-corrected chi connectivity index (χ4v) is 2.93. The van der Waals surface area contributed by atoms with Crippen LogP contribution in [0.1, 0.15) is 0 Å². The van der Waals surface area contributed by atoms with Gasteiger partial charge >= 0.3 is 5.69 Å². The number of hydrogen-bond acceptors (Lipinski definition) is 6. The molecule has 0 spiro atoms. The fourth-order valence-electron chi connectivity index (χ4n) is 2.16. The number of anilines is 3. The smallest absolute Gasteiger partial charge is 0.316 e. The third kappa shape index (κ3) is 2.51. The highest BCUT2D eigenvalue weighted by Crippen LogP contribution is 2.35. The van der Waals surface area contributed by atoms with Crippen molar-refractivity contribution in [3.63, 3.8) is 0 Å². The van der Waals surface area contributed by atoms with Gasteiger partial charge in [-0.15, -0.1) is 11.3 Å². The van der Waals surface area contributed by atoms with Crippen molar-refractivity contribution in [3.05, 3.63) is 58.0 Å². The van der Waals surface area contributed by atoms with Gasteiger partial charge in [-0.05, 0) is 47.2 Å². The summed E-state index contributed by atoms with van der Waals surface area (Å²) in [6, 6.07) is 12.8. The van der Waals surface area contributed by atoms with Crippen LogP contribution in [0.4, 0.5) is 22.7 Å². The van der Waals surface area contributed by atoms with Gasteiger partial charge in [-0.1, -0.05) is 6.07 Å². The Kier molecular flexibility index (Phi) is 3.43. The van der Waals surface area contributed by atoms with Crippen molar-refractivity contribution < 1.29 is 4.92 Å². The maximum Gasteiger partial charge on any atom is 0.316 e. The maximum atomic E-state index is 11.2. The van der Waals surface area contributed by atoms with E-state index in [-0.39, 0.29) is 11.4 Å². The summed E-state index contributed by atoms with van der Waals surface area (Å²) in [5, 5.41) is 17.4. The van der Waals surface area contributed by atoms with E-state index in [2.05, 4.69) is 10.7 Å². The second kappa shape index (κ2) is 5.39. The molecule has 0 bridgehead atoms. The summed E-state index contributed by atoms with van der Waals surface area (Å²) >= 11 is 1.65. The molecule has 0 fully saturated rings. The zero-order valence-corrected chi connectivity index (χ0v) is 11.7. The van der Waals surface area contributed by atoms with Crippen LogP contribution in [0.25, 0.3) is 10.1 Å². The topological polar surface area (TPSA) is 93.2 Å². The molecule has 0 saturated carbocycles. The number of thiophene rings is 1. The van der Waals surface area contributed by atoms with Crippen molar-refractivity contribution >= 4 is 44.2 Å². The molecule has 0 atom stereocenters. The minimum Gasteiger partial charge on any atom is -0.350 e. The Labute approximate surface area is 124 Å². The van der Waals surface area contributed by atoms with Crippen molar-refractivity contribution in [1.29, 1.82) is 0 Å². The molecular weight excluding hydrogens is 288 g/mol. The number of hydrazine groups is 1. The Bertz CT molecular complexity index is 816. The second-order valence-electron chi connectivity index (χ2n) is 4.40. The molecule has 7 heteroatoms. The Morgan fingerprint density at radius 1 is 1.14 bits per heavy atom. The predicted molar refractivity (Wildman–Crippen MR) is 86.0 cm³/mol. The van der Waals surface area contributed by atoms with Crippen LogP contribution in [0.5, 0.6) is 0 Å². The van der Waals surface area contributed by atoms with Gasteiger partial charge in [0.25, 0.3) is 0 Å². The summed E-state index contributed by atoms with van der Waals surface area (Å²) in [5.41, 5.74) is 3.72. The molecule has 0 aliphatic carbocycles.